The van der Waals surface area contributed by atoms with Gasteiger partial charge in [0, 0.05) is 13.0 Å². The van der Waals surface area contributed by atoms with Crippen LogP contribution in [0.25, 0.3) is 0 Å². The molecule has 6 nitrogen and oxygen atoms in total. The maximum atomic E-state index is 10.5. The zero-order valence-electron chi connectivity index (χ0n) is 11.3. The third-order valence-electron chi connectivity index (χ3n) is 2.39. The van der Waals surface area contributed by atoms with Gasteiger partial charge in [0.05, 0.1) is 6.42 Å². The molecule has 1 aromatic heterocycles. The molecule has 1 atom stereocenters. The highest BCUT2D eigenvalue weighted by Gasteiger charge is 2.31. The fourth-order valence-corrected chi connectivity index (χ4v) is 1.57. The number of carboxylic acid groups (broad SMARTS) is 1. The Hall–Kier alpha value is -1.43. The monoisotopic (exact) mass is 256 g/mol. The van der Waals surface area contributed by atoms with Crippen LogP contribution in [-0.4, -0.2) is 27.8 Å². The van der Waals surface area contributed by atoms with Gasteiger partial charge in [-0.3, -0.25) is 4.79 Å². The summed E-state index contributed by atoms with van der Waals surface area (Å²) in [5.41, 5.74) is -0.149. The van der Waals surface area contributed by atoms with Gasteiger partial charge in [-0.05, 0) is 12.3 Å². The third kappa shape index (κ3) is 4.10. The van der Waals surface area contributed by atoms with Crippen LogP contribution >= 0.6 is 0 Å². The predicted molar refractivity (Wildman–Crippen MR) is 64.1 cm³/mol. The molecule has 0 aliphatic heterocycles. The van der Waals surface area contributed by atoms with Crippen molar-refractivity contribution in [3.63, 3.8) is 0 Å². The quantitative estimate of drug-likeness (QED) is 0.839. The molecule has 0 aliphatic carbocycles. The average Bonchev–Trinajstić information content (AvgIpc) is 2.69. The number of aromatic nitrogens is 2. The SMILES string of the molecule is CCOC(c1noc(CCC(=O)O)n1)C(C)(C)C. The molecule has 1 aromatic rings. The Morgan fingerprint density at radius 3 is 2.67 bits per heavy atom. The number of aliphatic carboxylic acids is 1. The van der Waals surface area contributed by atoms with E-state index >= 15 is 0 Å². The minimum Gasteiger partial charge on any atom is -0.481 e. The number of hydrogen-bond donors (Lipinski definition) is 1. The first-order valence-electron chi connectivity index (χ1n) is 6.00. The van der Waals surface area contributed by atoms with Gasteiger partial charge in [0.25, 0.3) is 0 Å². The number of rotatable bonds is 6. The van der Waals surface area contributed by atoms with E-state index in [0.29, 0.717) is 18.3 Å². The number of ether oxygens (including phenoxy) is 1. The smallest absolute Gasteiger partial charge is 0.303 e. The largest absolute Gasteiger partial charge is 0.481 e. The van der Waals surface area contributed by atoms with E-state index in [1.165, 1.54) is 0 Å². The van der Waals surface area contributed by atoms with Gasteiger partial charge in [0.1, 0.15) is 6.10 Å². The first-order chi connectivity index (χ1) is 8.34. The first-order valence-corrected chi connectivity index (χ1v) is 6.00. The van der Waals surface area contributed by atoms with Crippen LogP contribution in [0.4, 0.5) is 0 Å². The van der Waals surface area contributed by atoms with E-state index < -0.39 is 5.97 Å². The highest BCUT2D eigenvalue weighted by molar-refractivity contribution is 5.66. The summed E-state index contributed by atoms with van der Waals surface area (Å²) in [6.07, 6.45) is -0.0354. The molecule has 0 aliphatic rings. The Morgan fingerprint density at radius 1 is 1.50 bits per heavy atom. The van der Waals surface area contributed by atoms with E-state index in [1.807, 2.05) is 27.7 Å². The molecular formula is C12H20N2O4. The average molecular weight is 256 g/mol. The van der Waals surface area contributed by atoms with Crippen LogP contribution in [0, 0.1) is 5.41 Å². The second-order valence-electron chi connectivity index (χ2n) is 5.14. The lowest BCUT2D eigenvalue weighted by molar-refractivity contribution is -0.137. The van der Waals surface area contributed by atoms with Gasteiger partial charge in [-0.2, -0.15) is 4.98 Å². The summed E-state index contributed by atoms with van der Waals surface area (Å²) in [5, 5.41) is 12.5. The molecule has 0 aromatic carbocycles. The molecule has 0 saturated heterocycles. The third-order valence-corrected chi connectivity index (χ3v) is 2.39. The van der Waals surface area contributed by atoms with E-state index in [-0.39, 0.29) is 24.4 Å². The molecule has 0 bridgehead atoms. The van der Waals surface area contributed by atoms with Crippen LogP contribution in [0.15, 0.2) is 4.52 Å². The van der Waals surface area contributed by atoms with Crippen LogP contribution in [0.2, 0.25) is 0 Å². The summed E-state index contributed by atoms with van der Waals surface area (Å²) in [6.45, 7) is 8.55. The van der Waals surface area contributed by atoms with Gasteiger partial charge in [-0.15, -0.1) is 0 Å². The zero-order chi connectivity index (χ0) is 13.8. The summed E-state index contributed by atoms with van der Waals surface area (Å²) >= 11 is 0. The number of nitrogens with zero attached hydrogens (tertiary/aromatic N) is 2. The Bertz CT molecular complexity index is 395. The van der Waals surface area contributed by atoms with Gasteiger partial charge < -0.3 is 14.4 Å². The molecule has 1 N–H and O–H groups in total. The van der Waals surface area contributed by atoms with Crippen LogP contribution in [0.1, 0.15) is 51.9 Å². The fraction of sp³-hybridized carbons (Fsp3) is 0.750. The first kappa shape index (κ1) is 14.6. The van der Waals surface area contributed by atoms with Gasteiger partial charge in [-0.1, -0.05) is 25.9 Å². The highest BCUT2D eigenvalue weighted by atomic mass is 16.5. The number of aryl methyl sites for hydroxylation is 1. The molecule has 0 radical (unpaired) electrons. The van der Waals surface area contributed by atoms with E-state index in [4.69, 9.17) is 14.4 Å². The molecule has 6 heteroatoms. The fourth-order valence-electron chi connectivity index (χ4n) is 1.57. The van der Waals surface area contributed by atoms with Crippen molar-refractivity contribution in [2.24, 2.45) is 5.41 Å². The molecule has 0 fully saturated rings. The van der Waals surface area contributed by atoms with Crippen molar-refractivity contribution in [2.75, 3.05) is 6.61 Å². The molecule has 18 heavy (non-hydrogen) atoms. The molecule has 0 spiro atoms. The zero-order valence-corrected chi connectivity index (χ0v) is 11.3. The number of hydrogen-bond acceptors (Lipinski definition) is 5. The molecular weight excluding hydrogens is 236 g/mol. The minimum atomic E-state index is -0.882. The molecule has 0 amide bonds. The Balaban J connectivity index is 2.78. The molecule has 1 unspecified atom stereocenters. The Labute approximate surface area is 106 Å². The highest BCUT2D eigenvalue weighted by Crippen LogP contribution is 2.34. The summed E-state index contributed by atoms with van der Waals surface area (Å²) < 4.78 is 10.7. The van der Waals surface area contributed by atoms with Crippen LogP contribution in [0.3, 0.4) is 0 Å². The van der Waals surface area contributed by atoms with Crippen molar-refractivity contribution in [1.82, 2.24) is 10.1 Å². The van der Waals surface area contributed by atoms with Crippen molar-refractivity contribution < 1.29 is 19.2 Å². The van der Waals surface area contributed by atoms with Crippen molar-refractivity contribution in [2.45, 2.75) is 46.6 Å². The summed E-state index contributed by atoms with van der Waals surface area (Å²) in [4.78, 5) is 14.7. The summed E-state index contributed by atoms with van der Waals surface area (Å²) in [7, 11) is 0. The maximum Gasteiger partial charge on any atom is 0.303 e. The van der Waals surface area contributed by atoms with Gasteiger partial charge >= 0.3 is 5.97 Å². The van der Waals surface area contributed by atoms with Crippen molar-refractivity contribution in [1.29, 1.82) is 0 Å². The van der Waals surface area contributed by atoms with Crippen molar-refractivity contribution in [3.05, 3.63) is 11.7 Å². The second kappa shape index (κ2) is 5.95. The van der Waals surface area contributed by atoms with Gasteiger partial charge in [0.15, 0.2) is 0 Å². The predicted octanol–water partition coefficient (Wildman–Crippen LogP) is 2.21. The maximum absolute atomic E-state index is 10.5. The lowest BCUT2D eigenvalue weighted by Crippen LogP contribution is -2.22. The molecule has 102 valence electrons. The summed E-state index contributed by atoms with van der Waals surface area (Å²) in [5.74, 6) is -0.0713. The molecule has 1 heterocycles. The van der Waals surface area contributed by atoms with E-state index in [9.17, 15) is 4.79 Å². The van der Waals surface area contributed by atoms with Gasteiger partial charge in [0.2, 0.25) is 11.7 Å². The molecule has 1 rings (SSSR count). The van der Waals surface area contributed by atoms with Crippen LogP contribution in [-0.2, 0) is 16.0 Å². The lowest BCUT2D eigenvalue weighted by Gasteiger charge is -2.27. The minimum absolute atomic E-state index is 0.0174. The van der Waals surface area contributed by atoms with E-state index in [0.717, 1.165) is 0 Å². The van der Waals surface area contributed by atoms with Gasteiger partial charge in [-0.25, -0.2) is 0 Å². The van der Waals surface area contributed by atoms with E-state index in [2.05, 4.69) is 10.1 Å². The van der Waals surface area contributed by atoms with E-state index in [1.54, 1.807) is 0 Å². The standard InChI is InChI=1S/C12H20N2O4/c1-5-17-10(12(2,3)4)11-13-8(18-14-11)6-7-9(15)16/h10H,5-7H2,1-4H3,(H,15,16). The topological polar surface area (TPSA) is 85.5 Å². The number of carboxylic acids is 1. The van der Waals surface area contributed by atoms with Crippen LogP contribution < -0.4 is 0 Å². The molecule has 0 saturated carbocycles. The van der Waals surface area contributed by atoms with Crippen LogP contribution in [0.5, 0.6) is 0 Å². The normalized spacial score (nSPS) is 13.6. The second-order valence-corrected chi connectivity index (χ2v) is 5.14. The van der Waals surface area contributed by atoms with Crippen molar-refractivity contribution in [3.8, 4) is 0 Å². The summed E-state index contributed by atoms with van der Waals surface area (Å²) in [6, 6.07) is 0. The Kier molecular flexibility index (Phi) is 4.84. The van der Waals surface area contributed by atoms with Crippen molar-refractivity contribution >= 4 is 5.97 Å². The Morgan fingerprint density at radius 2 is 2.17 bits per heavy atom. The number of carbonyl (C=O) groups is 1. The lowest BCUT2D eigenvalue weighted by atomic mass is 9.88.